The number of para-hydroxylation sites is 1. The normalized spacial score (nSPS) is 20.1. The number of nitrogens with zero attached hydrogens (tertiary/aromatic N) is 4. The van der Waals surface area contributed by atoms with Crippen LogP contribution in [-0.4, -0.2) is 35.1 Å². The van der Waals surface area contributed by atoms with E-state index in [-0.39, 0.29) is 23.9 Å². The number of urea groups is 1. The third-order valence-corrected chi connectivity index (χ3v) is 4.85. The van der Waals surface area contributed by atoms with E-state index < -0.39 is 5.82 Å². The van der Waals surface area contributed by atoms with Gasteiger partial charge in [0.05, 0.1) is 18.3 Å². The maximum atomic E-state index is 14.5. The maximum absolute atomic E-state index is 14.5. The average molecular weight is 362 g/mol. The molecule has 6 nitrogen and oxygen atoms in total. The molecule has 0 spiro atoms. The zero-order chi connectivity index (χ0) is 17.6. The first-order chi connectivity index (χ1) is 12.1. The molecule has 0 aliphatic carbocycles. The van der Waals surface area contributed by atoms with Crippen molar-refractivity contribution < 1.29 is 9.18 Å². The molecule has 4 rings (SSSR count). The van der Waals surface area contributed by atoms with Crippen LogP contribution >= 0.6 is 11.6 Å². The Balaban J connectivity index is 1.84. The van der Waals surface area contributed by atoms with Crippen LogP contribution in [-0.2, 0) is 6.54 Å². The molecule has 2 amide bonds. The monoisotopic (exact) mass is 361 g/mol. The van der Waals surface area contributed by atoms with Crippen LogP contribution in [0.25, 0.3) is 0 Å². The summed E-state index contributed by atoms with van der Waals surface area (Å²) in [7, 11) is 0. The van der Waals surface area contributed by atoms with Gasteiger partial charge in [-0.15, -0.1) is 0 Å². The number of halogens is 2. The number of fused-ring (bicyclic) bond motifs is 1. The molecule has 0 unspecified atom stereocenters. The molecule has 8 heteroatoms. The lowest BCUT2D eigenvalue weighted by molar-refractivity contribution is 0.247. The Morgan fingerprint density at radius 3 is 2.96 bits per heavy atom. The third kappa shape index (κ3) is 2.73. The highest BCUT2D eigenvalue weighted by Gasteiger charge is 2.39. The molecule has 2 aromatic rings. The van der Waals surface area contributed by atoms with Gasteiger partial charge in [-0.2, -0.15) is 4.98 Å². The molecular weight excluding hydrogens is 345 g/mol. The first-order valence-electron chi connectivity index (χ1n) is 8.14. The Bertz CT molecular complexity index is 820. The van der Waals surface area contributed by atoms with Crippen molar-refractivity contribution >= 4 is 29.1 Å². The molecular formula is C17H17ClFN5O. The van der Waals surface area contributed by atoms with Gasteiger partial charge in [0.25, 0.3) is 0 Å². The van der Waals surface area contributed by atoms with Crippen molar-refractivity contribution in [3.63, 3.8) is 0 Å². The molecule has 1 atom stereocenters. The van der Waals surface area contributed by atoms with Gasteiger partial charge in [0.15, 0.2) is 0 Å². The lowest BCUT2D eigenvalue weighted by Gasteiger charge is -2.39. The summed E-state index contributed by atoms with van der Waals surface area (Å²) in [6, 6.07) is 4.46. The van der Waals surface area contributed by atoms with Gasteiger partial charge in [0.2, 0.25) is 5.28 Å². The fourth-order valence-electron chi connectivity index (χ4n) is 3.48. The van der Waals surface area contributed by atoms with Crippen molar-refractivity contribution in [3.05, 3.63) is 46.6 Å². The van der Waals surface area contributed by atoms with Gasteiger partial charge in [-0.05, 0) is 43.1 Å². The van der Waals surface area contributed by atoms with E-state index in [9.17, 15) is 9.18 Å². The van der Waals surface area contributed by atoms with Crippen molar-refractivity contribution in [2.75, 3.05) is 22.9 Å². The second kappa shape index (κ2) is 6.24. The lowest BCUT2D eigenvalue weighted by atomic mass is 10.1. The van der Waals surface area contributed by atoms with Crippen molar-refractivity contribution in [1.29, 1.82) is 0 Å². The number of hydrogen-bond donors (Lipinski definition) is 1. The molecule has 3 heterocycles. The van der Waals surface area contributed by atoms with Gasteiger partial charge in [0.1, 0.15) is 11.6 Å². The number of aromatic nitrogens is 2. The summed E-state index contributed by atoms with van der Waals surface area (Å²) in [4.78, 5) is 24.6. The van der Waals surface area contributed by atoms with Crippen LogP contribution in [0.15, 0.2) is 24.4 Å². The number of hydrogen-bond acceptors (Lipinski definition) is 4. The summed E-state index contributed by atoms with van der Waals surface area (Å²) in [5, 5.41) is 3.35. The number of carbonyl (C=O) groups is 1. The summed E-state index contributed by atoms with van der Waals surface area (Å²) in [5.41, 5.74) is 1.75. The Morgan fingerprint density at radius 2 is 2.24 bits per heavy atom. The molecule has 1 aromatic heterocycles. The first-order valence-corrected chi connectivity index (χ1v) is 8.52. The van der Waals surface area contributed by atoms with E-state index in [0.29, 0.717) is 23.6 Å². The molecule has 1 aromatic carbocycles. The Hall–Kier alpha value is -2.25. The van der Waals surface area contributed by atoms with Gasteiger partial charge in [-0.3, -0.25) is 9.80 Å². The van der Waals surface area contributed by atoms with Crippen molar-refractivity contribution in [2.24, 2.45) is 0 Å². The van der Waals surface area contributed by atoms with E-state index in [1.165, 1.54) is 11.0 Å². The number of benzene rings is 1. The minimum Gasteiger partial charge on any atom is -0.315 e. The smallest absolute Gasteiger partial charge is 0.315 e. The van der Waals surface area contributed by atoms with Crippen LogP contribution in [0.3, 0.4) is 0 Å². The minimum atomic E-state index is -0.420. The summed E-state index contributed by atoms with van der Waals surface area (Å²) < 4.78 is 14.5. The minimum absolute atomic E-state index is 0.0490. The standard InChI is InChI=1S/C17H17ClFN5O/c1-10-3-2-4-13(19)14(10)23-9-11-7-21-16(18)22-15(11)24(17(23)25)12-5-6-20-8-12/h2-4,7,12,20H,5-6,8-9H2,1H3/t12-/m1/s1. The highest BCUT2D eigenvalue weighted by Crippen LogP contribution is 2.35. The van der Waals surface area contributed by atoms with E-state index >= 15 is 0 Å². The van der Waals surface area contributed by atoms with Gasteiger partial charge in [-0.25, -0.2) is 14.2 Å². The molecule has 1 N–H and O–H groups in total. The third-order valence-electron chi connectivity index (χ3n) is 4.66. The van der Waals surface area contributed by atoms with Gasteiger partial charge in [0, 0.05) is 18.3 Å². The molecule has 2 aliphatic rings. The van der Waals surface area contributed by atoms with Crippen LogP contribution in [0.4, 0.5) is 20.7 Å². The largest absolute Gasteiger partial charge is 0.330 e. The number of rotatable bonds is 2. The molecule has 2 aliphatic heterocycles. The van der Waals surface area contributed by atoms with Gasteiger partial charge < -0.3 is 5.32 Å². The van der Waals surface area contributed by atoms with E-state index in [0.717, 1.165) is 18.5 Å². The van der Waals surface area contributed by atoms with Crippen LogP contribution in [0.5, 0.6) is 0 Å². The summed E-state index contributed by atoms with van der Waals surface area (Å²) in [6.45, 7) is 3.49. The first kappa shape index (κ1) is 16.2. The van der Waals surface area contributed by atoms with Gasteiger partial charge in [-0.1, -0.05) is 12.1 Å². The molecule has 0 radical (unpaired) electrons. The number of nitrogens with one attached hydrogen (secondary N) is 1. The van der Waals surface area contributed by atoms with Crippen LogP contribution in [0.2, 0.25) is 5.28 Å². The van der Waals surface area contributed by atoms with E-state index in [2.05, 4.69) is 15.3 Å². The predicted molar refractivity (Wildman–Crippen MR) is 93.5 cm³/mol. The lowest BCUT2D eigenvalue weighted by Crippen LogP contribution is -2.53. The van der Waals surface area contributed by atoms with Crippen LogP contribution in [0, 0.1) is 12.7 Å². The predicted octanol–water partition coefficient (Wildman–Crippen LogP) is 2.89. The Labute approximate surface area is 149 Å². The Kier molecular flexibility index (Phi) is 4.05. The number of carbonyl (C=O) groups excluding carboxylic acids is 1. The number of anilines is 2. The summed E-state index contributed by atoms with van der Waals surface area (Å²) in [5.74, 6) is 0.0973. The SMILES string of the molecule is Cc1cccc(F)c1N1Cc2cnc(Cl)nc2N([C@@H]2CCNC2)C1=O. The number of aryl methyl sites for hydroxylation is 1. The Morgan fingerprint density at radius 1 is 1.40 bits per heavy atom. The molecule has 0 saturated carbocycles. The van der Waals surface area contributed by atoms with Gasteiger partial charge >= 0.3 is 6.03 Å². The zero-order valence-electron chi connectivity index (χ0n) is 13.7. The molecule has 0 bridgehead atoms. The molecule has 25 heavy (non-hydrogen) atoms. The quantitative estimate of drug-likeness (QED) is 0.835. The summed E-state index contributed by atoms with van der Waals surface area (Å²) in [6.07, 6.45) is 2.41. The molecule has 130 valence electrons. The van der Waals surface area contributed by atoms with Crippen molar-refractivity contribution in [1.82, 2.24) is 15.3 Å². The zero-order valence-corrected chi connectivity index (χ0v) is 14.4. The molecule has 1 saturated heterocycles. The van der Waals surface area contributed by atoms with Crippen molar-refractivity contribution in [2.45, 2.75) is 25.9 Å². The molecule has 1 fully saturated rings. The highest BCUT2D eigenvalue weighted by molar-refractivity contribution is 6.28. The van der Waals surface area contributed by atoms with E-state index in [4.69, 9.17) is 11.6 Å². The van der Waals surface area contributed by atoms with Crippen LogP contribution < -0.4 is 15.1 Å². The van der Waals surface area contributed by atoms with Crippen molar-refractivity contribution in [3.8, 4) is 0 Å². The van der Waals surface area contributed by atoms with Crippen LogP contribution in [0.1, 0.15) is 17.5 Å². The second-order valence-electron chi connectivity index (χ2n) is 6.28. The number of amides is 2. The maximum Gasteiger partial charge on any atom is 0.330 e. The fraction of sp³-hybridized carbons (Fsp3) is 0.353. The highest BCUT2D eigenvalue weighted by atomic mass is 35.5. The van der Waals surface area contributed by atoms with E-state index in [1.54, 1.807) is 30.2 Å². The second-order valence-corrected chi connectivity index (χ2v) is 6.62. The van der Waals surface area contributed by atoms with E-state index in [1.807, 2.05) is 0 Å². The fourth-order valence-corrected chi connectivity index (χ4v) is 3.61. The topological polar surface area (TPSA) is 61.4 Å². The average Bonchev–Trinajstić information content (AvgIpc) is 3.09. The summed E-state index contributed by atoms with van der Waals surface area (Å²) >= 11 is 5.95.